The molecule has 1 rings (SSSR count). The monoisotopic (exact) mass is 229 g/mol. The summed E-state index contributed by atoms with van der Waals surface area (Å²) < 4.78 is 5.26. The Morgan fingerprint density at radius 3 is 2.62 bits per heavy atom. The zero-order chi connectivity index (χ0) is 11.9. The van der Waals surface area contributed by atoms with Gasteiger partial charge in [-0.3, -0.25) is 4.79 Å². The average molecular weight is 229 g/mol. The van der Waals surface area contributed by atoms with Crippen LogP contribution in [-0.4, -0.2) is 36.4 Å². The normalized spacial score (nSPS) is 18.6. The van der Waals surface area contributed by atoms with Gasteiger partial charge in [-0.2, -0.15) is 0 Å². The molecule has 0 bridgehead atoms. The molecule has 0 aliphatic heterocycles. The molecule has 1 aliphatic carbocycles. The maximum Gasteiger partial charge on any atom is 0.222 e. The molecule has 0 radical (unpaired) electrons. The third-order valence-electron chi connectivity index (χ3n) is 3.09. The predicted octanol–water partition coefficient (Wildman–Crippen LogP) is 1.22. The smallest absolute Gasteiger partial charge is 0.222 e. The molecule has 2 N–H and O–H groups in total. The number of aliphatic hydroxyl groups excluding tert-OH is 1. The lowest BCUT2D eigenvalue weighted by atomic mass is 9.99. The Balaban J connectivity index is 2.21. The van der Waals surface area contributed by atoms with Crippen LogP contribution in [0.1, 0.15) is 45.4 Å². The average Bonchev–Trinajstić information content (AvgIpc) is 2.74. The Bertz CT molecular complexity index is 212. The van der Waals surface area contributed by atoms with E-state index in [1.165, 1.54) is 0 Å². The first-order valence-electron chi connectivity index (χ1n) is 6.22. The maximum absolute atomic E-state index is 11.6. The molecule has 1 aliphatic rings. The first kappa shape index (κ1) is 13.5. The molecule has 0 atom stereocenters. The van der Waals surface area contributed by atoms with Crippen LogP contribution in [0, 0.1) is 0 Å². The molecular weight excluding hydrogens is 206 g/mol. The van der Waals surface area contributed by atoms with E-state index in [0.29, 0.717) is 19.6 Å². The fourth-order valence-electron chi connectivity index (χ4n) is 2.14. The lowest BCUT2D eigenvalue weighted by molar-refractivity contribution is -0.124. The van der Waals surface area contributed by atoms with Crippen LogP contribution in [0.2, 0.25) is 0 Å². The van der Waals surface area contributed by atoms with E-state index in [2.05, 4.69) is 5.32 Å². The van der Waals surface area contributed by atoms with Gasteiger partial charge in [0.15, 0.2) is 0 Å². The van der Waals surface area contributed by atoms with Gasteiger partial charge >= 0.3 is 0 Å². The summed E-state index contributed by atoms with van der Waals surface area (Å²) in [4.78, 5) is 11.6. The van der Waals surface area contributed by atoms with E-state index in [-0.39, 0.29) is 18.1 Å². The lowest BCUT2D eigenvalue weighted by Crippen LogP contribution is -2.49. The molecule has 1 fully saturated rings. The predicted molar refractivity (Wildman–Crippen MR) is 62.2 cm³/mol. The van der Waals surface area contributed by atoms with E-state index in [0.717, 1.165) is 32.1 Å². The van der Waals surface area contributed by atoms with Gasteiger partial charge in [-0.05, 0) is 19.3 Å². The molecule has 0 aromatic heterocycles. The van der Waals surface area contributed by atoms with Gasteiger partial charge in [-0.25, -0.2) is 0 Å². The molecule has 0 unspecified atom stereocenters. The van der Waals surface area contributed by atoms with Gasteiger partial charge in [0.1, 0.15) is 0 Å². The summed E-state index contributed by atoms with van der Waals surface area (Å²) in [6.07, 6.45) is 5.33. The number of hydrogen-bond acceptors (Lipinski definition) is 3. The summed E-state index contributed by atoms with van der Waals surface area (Å²) >= 11 is 0. The van der Waals surface area contributed by atoms with Crippen molar-refractivity contribution in [3.63, 3.8) is 0 Å². The second-order valence-electron chi connectivity index (χ2n) is 4.56. The fraction of sp³-hybridized carbons (Fsp3) is 0.917. The molecule has 1 amide bonds. The quantitative estimate of drug-likeness (QED) is 0.645. The SMILES string of the molecule is CCCOCCC(=O)NC1(CO)CCCC1. The topological polar surface area (TPSA) is 58.6 Å². The molecule has 0 saturated heterocycles. The van der Waals surface area contributed by atoms with Gasteiger partial charge in [0.05, 0.1) is 18.8 Å². The Morgan fingerprint density at radius 2 is 2.06 bits per heavy atom. The largest absolute Gasteiger partial charge is 0.394 e. The molecule has 0 heterocycles. The minimum absolute atomic E-state index is 0.00736. The van der Waals surface area contributed by atoms with Crippen LogP contribution >= 0.6 is 0 Å². The van der Waals surface area contributed by atoms with Gasteiger partial charge in [0.25, 0.3) is 0 Å². The Labute approximate surface area is 97.4 Å². The van der Waals surface area contributed by atoms with E-state index in [4.69, 9.17) is 4.74 Å². The highest BCUT2D eigenvalue weighted by Crippen LogP contribution is 2.29. The molecule has 0 spiro atoms. The van der Waals surface area contributed by atoms with Crippen LogP contribution in [0.5, 0.6) is 0 Å². The van der Waals surface area contributed by atoms with E-state index in [1.54, 1.807) is 0 Å². The number of ether oxygens (including phenoxy) is 1. The minimum atomic E-state index is -0.345. The van der Waals surface area contributed by atoms with Crippen molar-refractivity contribution in [2.24, 2.45) is 0 Å². The number of rotatable bonds is 7. The van der Waals surface area contributed by atoms with E-state index in [9.17, 15) is 9.90 Å². The van der Waals surface area contributed by atoms with Crippen molar-refractivity contribution in [3.8, 4) is 0 Å². The number of nitrogens with one attached hydrogen (secondary N) is 1. The van der Waals surface area contributed by atoms with E-state index in [1.807, 2.05) is 6.92 Å². The summed E-state index contributed by atoms with van der Waals surface area (Å²) in [7, 11) is 0. The van der Waals surface area contributed by atoms with Crippen LogP contribution in [0.4, 0.5) is 0 Å². The lowest BCUT2D eigenvalue weighted by Gasteiger charge is -2.27. The second-order valence-corrected chi connectivity index (χ2v) is 4.56. The Kier molecular flexibility index (Phi) is 5.77. The van der Waals surface area contributed by atoms with E-state index >= 15 is 0 Å². The maximum atomic E-state index is 11.6. The van der Waals surface area contributed by atoms with Crippen LogP contribution in [-0.2, 0) is 9.53 Å². The van der Waals surface area contributed by atoms with Gasteiger partial charge in [0.2, 0.25) is 5.91 Å². The van der Waals surface area contributed by atoms with Gasteiger partial charge < -0.3 is 15.2 Å². The van der Waals surface area contributed by atoms with Crippen molar-refractivity contribution < 1.29 is 14.6 Å². The summed E-state index contributed by atoms with van der Waals surface area (Å²) in [5.74, 6) is -0.00736. The van der Waals surface area contributed by atoms with Crippen LogP contribution in [0.15, 0.2) is 0 Å². The number of hydrogen-bond donors (Lipinski definition) is 2. The summed E-state index contributed by atoms with van der Waals surface area (Å²) in [6.45, 7) is 3.27. The Hall–Kier alpha value is -0.610. The van der Waals surface area contributed by atoms with Crippen LogP contribution in [0.3, 0.4) is 0 Å². The molecule has 1 saturated carbocycles. The second kappa shape index (κ2) is 6.86. The number of aliphatic hydroxyl groups is 1. The van der Waals surface area contributed by atoms with Crippen molar-refractivity contribution in [2.45, 2.75) is 51.0 Å². The van der Waals surface area contributed by atoms with Gasteiger partial charge in [0, 0.05) is 13.0 Å². The molecule has 4 heteroatoms. The number of carbonyl (C=O) groups is 1. The highest BCUT2D eigenvalue weighted by molar-refractivity contribution is 5.77. The van der Waals surface area contributed by atoms with Gasteiger partial charge in [-0.1, -0.05) is 19.8 Å². The van der Waals surface area contributed by atoms with Crippen molar-refractivity contribution in [1.82, 2.24) is 5.32 Å². The third-order valence-corrected chi connectivity index (χ3v) is 3.09. The molecule has 4 nitrogen and oxygen atoms in total. The van der Waals surface area contributed by atoms with E-state index < -0.39 is 0 Å². The molecule has 16 heavy (non-hydrogen) atoms. The molecular formula is C12H23NO3. The standard InChI is InChI=1S/C12H23NO3/c1-2-8-16-9-5-11(15)13-12(10-14)6-3-4-7-12/h14H,2-10H2,1H3,(H,13,15). The highest BCUT2D eigenvalue weighted by Gasteiger charge is 2.34. The zero-order valence-electron chi connectivity index (χ0n) is 10.1. The molecule has 0 aromatic carbocycles. The molecule has 0 aromatic rings. The summed E-state index contributed by atoms with van der Waals surface area (Å²) in [6, 6.07) is 0. The summed E-state index contributed by atoms with van der Waals surface area (Å²) in [5, 5.41) is 12.3. The zero-order valence-corrected chi connectivity index (χ0v) is 10.1. The number of carbonyl (C=O) groups excluding carboxylic acids is 1. The highest BCUT2D eigenvalue weighted by atomic mass is 16.5. The van der Waals surface area contributed by atoms with Crippen molar-refractivity contribution in [1.29, 1.82) is 0 Å². The van der Waals surface area contributed by atoms with Crippen LogP contribution in [0.25, 0.3) is 0 Å². The number of amides is 1. The summed E-state index contributed by atoms with van der Waals surface area (Å²) in [5.41, 5.74) is -0.345. The van der Waals surface area contributed by atoms with Crippen molar-refractivity contribution >= 4 is 5.91 Å². The first-order valence-corrected chi connectivity index (χ1v) is 6.22. The van der Waals surface area contributed by atoms with Crippen molar-refractivity contribution in [3.05, 3.63) is 0 Å². The van der Waals surface area contributed by atoms with Crippen molar-refractivity contribution in [2.75, 3.05) is 19.8 Å². The fourth-order valence-corrected chi connectivity index (χ4v) is 2.14. The van der Waals surface area contributed by atoms with Gasteiger partial charge in [-0.15, -0.1) is 0 Å². The third kappa shape index (κ3) is 4.10. The minimum Gasteiger partial charge on any atom is -0.394 e. The van der Waals surface area contributed by atoms with Crippen LogP contribution < -0.4 is 5.32 Å². The molecule has 94 valence electrons. The first-order chi connectivity index (χ1) is 7.72. The Morgan fingerprint density at radius 1 is 1.38 bits per heavy atom.